The molecule has 0 unspecified atom stereocenters. The van der Waals surface area contributed by atoms with Gasteiger partial charge in [-0.05, 0) is 48.5 Å². The molecule has 0 amide bonds. The molecule has 0 aliphatic carbocycles. The Bertz CT molecular complexity index is 643. The van der Waals surface area contributed by atoms with Crippen molar-refractivity contribution in [3.05, 3.63) is 69.4 Å². The third kappa shape index (κ3) is 4.37. The van der Waals surface area contributed by atoms with Gasteiger partial charge < -0.3 is 5.11 Å². The Morgan fingerprint density at radius 3 is 2.48 bits per heavy atom. The third-order valence-corrected chi connectivity index (χ3v) is 3.63. The number of nitrogens with zero attached hydrogens (tertiary/aromatic N) is 1. The van der Waals surface area contributed by atoms with Crippen LogP contribution in [0.4, 0.5) is 4.39 Å². The van der Waals surface area contributed by atoms with Crippen LogP contribution in [0.2, 0.25) is 0 Å². The Morgan fingerprint density at radius 2 is 1.86 bits per heavy atom. The van der Waals surface area contributed by atoms with E-state index in [1.54, 1.807) is 0 Å². The average molecular weight is 352 g/mol. The maximum atomic E-state index is 13.3. The first-order chi connectivity index (χ1) is 9.95. The molecule has 0 saturated heterocycles. The molecule has 2 rings (SSSR count). The number of carboxylic acids is 1. The molecule has 0 radical (unpaired) electrons. The predicted molar refractivity (Wildman–Crippen MR) is 82.7 cm³/mol. The lowest BCUT2D eigenvalue weighted by Gasteiger charge is -2.18. The van der Waals surface area contributed by atoms with Gasteiger partial charge in [0.1, 0.15) is 5.82 Å². The first-order valence-electron chi connectivity index (χ1n) is 6.40. The van der Waals surface area contributed by atoms with E-state index >= 15 is 0 Å². The van der Waals surface area contributed by atoms with E-state index in [1.807, 2.05) is 36.2 Å². The van der Waals surface area contributed by atoms with Crippen LogP contribution in [0.5, 0.6) is 0 Å². The molecule has 110 valence electrons. The summed E-state index contributed by atoms with van der Waals surface area (Å²) >= 11 is 3.38. The fourth-order valence-corrected chi connectivity index (χ4v) is 2.41. The zero-order valence-electron chi connectivity index (χ0n) is 11.5. The fourth-order valence-electron chi connectivity index (χ4n) is 2.15. The standard InChI is InChI=1S/C16H15BrFNO2/c1-19(9-11-2-4-13(17)5-3-11)10-12-8-14(18)6-7-15(12)16(20)21/h2-8H,9-10H2,1H3,(H,20,21). The van der Waals surface area contributed by atoms with Crippen molar-refractivity contribution in [2.75, 3.05) is 7.05 Å². The number of aromatic carboxylic acids is 1. The Kier molecular flexibility index (Phi) is 5.09. The van der Waals surface area contributed by atoms with E-state index in [-0.39, 0.29) is 5.56 Å². The number of carbonyl (C=O) groups is 1. The van der Waals surface area contributed by atoms with E-state index in [0.717, 1.165) is 10.0 Å². The molecular weight excluding hydrogens is 337 g/mol. The Morgan fingerprint density at radius 1 is 1.19 bits per heavy atom. The molecule has 2 aromatic rings. The molecule has 0 aromatic heterocycles. The summed E-state index contributed by atoms with van der Waals surface area (Å²) in [5.41, 5.74) is 1.72. The maximum absolute atomic E-state index is 13.3. The average Bonchev–Trinajstić information content (AvgIpc) is 2.41. The lowest BCUT2D eigenvalue weighted by Crippen LogP contribution is -2.19. The molecule has 0 heterocycles. The molecule has 0 aliphatic rings. The molecule has 2 aromatic carbocycles. The molecule has 1 N–H and O–H groups in total. The molecule has 0 fully saturated rings. The fraction of sp³-hybridized carbons (Fsp3) is 0.188. The van der Waals surface area contributed by atoms with Gasteiger partial charge in [0.15, 0.2) is 0 Å². The summed E-state index contributed by atoms with van der Waals surface area (Å²) in [5, 5.41) is 9.14. The van der Waals surface area contributed by atoms with Gasteiger partial charge in [-0.1, -0.05) is 28.1 Å². The highest BCUT2D eigenvalue weighted by Crippen LogP contribution is 2.16. The molecular formula is C16H15BrFNO2. The van der Waals surface area contributed by atoms with E-state index in [2.05, 4.69) is 15.9 Å². The van der Waals surface area contributed by atoms with Gasteiger partial charge in [0.25, 0.3) is 0 Å². The van der Waals surface area contributed by atoms with Gasteiger partial charge in [-0.15, -0.1) is 0 Å². The van der Waals surface area contributed by atoms with E-state index in [4.69, 9.17) is 5.11 Å². The largest absolute Gasteiger partial charge is 0.478 e. The molecule has 0 bridgehead atoms. The summed E-state index contributed by atoms with van der Waals surface area (Å²) < 4.78 is 14.3. The predicted octanol–water partition coefficient (Wildman–Crippen LogP) is 3.92. The zero-order chi connectivity index (χ0) is 15.4. The number of benzene rings is 2. The molecule has 5 heteroatoms. The van der Waals surface area contributed by atoms with E-state index in [0.29, 0.717) is 18.7 Å². The second-order valence-corrected chi connectivity index (χ2v) is 5.82. The first kappa shape index (κ1) is 15.7. The molecule has 0 atom stereocenters. The van der Waals surface area contributed by atoms with E-state index in [9.17, 15) is 9.18 Å². The van der Waals surface area contributed by atoms with Crippen molar-refractivity contribution in [3.8, 4) is 0 Å². The zero-order valence-corrected chi connectivity index (χ0v) is 13.1. The van der Waals surface area contributed by atoms with Crippen LogP contribution in [0, 0.1) is 5.82 Å². The van der Waals surface area contributed by atoms with Gasteiger partial charge in [-0.2, -0.15) is 0 Å². The van der Waals surface area contributed by atoms with Gasteiger partial charge in [-0.25, -0.2) is 9.18 Å². The van der Waals surface area contributed by atoms with Crippen LogP contribution in [0.25, 0.3) is 0 Å². The Balaban J connectivity index is 2.12. The van der Waals surface area contributed by atoms with Crippen molar-refractivity contribution in [1.29, 1.82) is 0 Å². The summed E-state index contributed by atoms with van der Waals surface area (Å²) in [7, 11) is 1.87. The van der Waals surface area contributed by atoms with Crippen LogP contribution in [0.15, 0.2) is 46.9 Å². The third-order valence-electron chi connectivity index (χ3n) is 3.10. The molecule has 0 aliphatic heterocycles. The minimum Gasteiger partial charge on any atom is -0.478 e. The molecule has 0 spiro atoms. The van der Waals surface area contributed by atoms with Gasteiger partial charge in [0.2, 0.25) is 0 Å². The van der Waals surface area contributed by atoms with Gasteiger partial charge in [0, 0.05) is 17.6 Å². The van der Waals surface area contributed by atoms with Crippen molar-refractivity contribution < 1.29 is 14.3 Å². The Hall–Kier alpha value is -1.72. The summed E-state index contributed by atoms with van der Waals surface area (Å²) in [6.07, 6.45) is 0. The van der Waals surface area contributed by atoms with Crippen molar-refractivity contribution in [3.63, 3.8) is 0 Å². The van der Waals surface area contributed by atoms with Crippen LogP contribution >= 0.6 is 15.9 Å². The topological polar surface area (TPSA) is 40.5 Å². The molecule has 21 heavy (non-hydrogen) atoms. The number of hydrogen-bond donors (Lipinski definition) is 1. The van der Waals surface area contributed by atoms with Crippen LogP contribution in [-0.4, -0.2) is 23.0 Å². The van der Waals surface area contributed by atoms with E-state index in [1.165, 1.54) is 18.2 Å². The number of hydrogen-bond acceptors (Lipinski definition) is 2. The molecule has 0 saturated carbocycles. The smallest absolute Gasteiger partial charge is 0.336 e. The number of carboxylic acid groups (broad SMARTS) is 1. The lowest BCUT2D eigenvalue weighted by molar-refractivity contribution is 0.0694. The van der Waals surface area contributed by atoms with Crippen molar-refractivity contribution >= 4 is 21.9 Å². The van der Waals surface area contributed by atoms with Gasteiger partial charge >= 0.3 is 5.97 Å². The lowest BCUT2D eigenvalue weighted by atomic mass is 10.1. The maximum Gasteiger partial charge on any atom is 0.336 e. The highest BCUT2D eigenvalue weighted by Gasteiger charge is 2.13. The second-order valence-electron chi connectivity index (χ2n) is 4.91. The van der Waals surface area contributed by atoms with Crippen LogP contribution < -0.4 is 0 Å². The SMILES string of the molecule is CN(Cc1ccc(Br)cc1)Cc1cc(F)ccc1C(=O)O. The van der Waals surface area contributed by atoms with Crippen molar-refractivity contribution in [2.24, 2.45) is 0 Å². The van der Waals surface area contributed by atoms with E-state index < -0.39 is 11.8 Å². The normalized spacial score (nSPS) is 10.9. The number of rotatable bonds is 5. The summed E-state index contributed by atoms with van der Waals surface area (Å²) in [4.78, 5) is 13.1. The van der Waals surface area contributed by atoms with Crippen LogP contribution in [-0.2, 0) is 13.1 Å². The van der Waals surface area contributed by atoms with Crippen molar-refractivity contribution in [1.82, 2.24) is 4.90 Å². The summed E-state index contributed by atoms with van der Waals surface area (Å²) in [6.45, 7) is 1.03. The number of halogens is 2. The minimum absolute atomic E-state index is 0.138. The van der Waals surface area contributed by atoms with Gasteiger partial charge in [0.05, 0.1) is 5.56 Å². The Labute approximate surface area is 131 Å². The minimum atomic E-state index is -1.04. The first-order valence-corrected chi connectivity index (χ1v) is 7.19. The quantitative estimate of drug-likeness (QED) is 0.887. The highest BCUT2D eigenvalue weighted by atomic mass is 79.9. The molecule has 3 nitrogen and oxygen atoms in total. The summed E-state index contributed by atoms with van der Waals surface area (Å²) in [5.74, 6) is -1.46. The summed E-state index contributed by atoms with van der Waals surface area (Å²) in [6, 6.07) is 11.6. The monoisotopic (exact) mass is 351 g/mol. The van der Waals surface area contributed by atoms with Gasteiger partial charge in [-0.3, -0.25) is 4.90 Å². The van der Waals surface area contributed by atoms with Crippen molar-refractivity contribution in [2.45, 2.75) is 13.1 Å². The van der Waals surface area contributed by atoms with Crippen LogP contribution in [0.1, 0.15) is 21.5 Å². The highest BCUT2D eigenvalue weighted by molar-refractivity contribution is 9.10. The second kappa shape index (κ2) is 6.83. The van der Waals surface area contributed by atoms with Crippen LogP contribution in [0.3, 0.4) is 0 Å².